The lowest BCUT2D eigenvalue weighted by Gasteiger charge is -2.43. The second-order valence-corrected chi connectivity index (χ2v) is 8.94. The maximum atomic E-state index is 11.0. The quantitative estimate of drug-likeness (QED) is 0.218. The van der Waals surface area contributed by atoms with Crippen molar-refractivity contribution in [3.05, 3.63) is 46.6 Å². The van der Waals surface area contributed by atoms with Gasteiger partial charge in [-0.05, 0) is 58.4 Å². The molecule has 10 nitrogen and oxygen atoms in total. The average molecular weight is 525 g/mol. The third-order valence-corrected chi connectivity index (χ3v) is 5.62. The van der Waals surface area contributed by atoms with E-state index in [2.05, 4.69) is 10.3 Å². The molecule has 11 heteroatoms. The standard InChI is InChI=1S/C21H29ClN2O4.C4H4O4/c1-6-26-18(27-7-2)11-23-19-14-9-15-13(12(3)8-17(22)24-15)10-16(14)28-21(4,5)20(19)25;5-3(6)1-2-4(7)8/h8-10,18-20,23,25H,6-7,11H2,1-5H3;1-2H,(H,5,6)(H,7,8)/t19-,20+;/m0./s1. The molecule has 0 aliphatic carbocycles. The van der Waals surface area contributed by atoms with Crippen molar-refractivity contribution >= 4 is 34.4 Å². The molecular weight excluding hydrogens is 492 g/mol. The number of ether oxygens (including phenoxy) is 3. The lowest BCUT2D eigenvalue weighted by atomic mass is 9.85. The second-order valence-electron chi connectivity index (χ2n) is 8.56. The highest BCUT2D eigenvalue weighted by molar-refractivity contribution is 6.29. The Kier molecular flexibility index (Phi) is 10.6. The first kappa shape index (κ1) is 29.5. The average Bonchev–Trinajstić information content (AvgIpc) is 2.78. The van der Waals surface area contributed by atoms with Crippen LogP contribution in [0.3, 0.4) is 0 Å². The molecule has 0 radical (unpaired) electrons. The number of pyridine rings is 1. The van der Waals surface area contributed by atoms with Crippen LogP contribution >= 0.6 is 11.6 Å². The number of aliphatic carboxylic acids is 2. The van der Waals surface area contributed by atoms with Crippen LogP contribution in [0.2, 0.25) is 5.15 Å². The Morgan fingerprint density at radius 1 is 1.17 bits per heavy atom. The van der Waals surface area contributed by atoms with E-state index in [1.165, 1.54) is 0 Å². The first-order valence-corrected chi connectivity index (χ1v) is 11.9. The van der Waals surface area contributed by atoms with Gasteiger partial charge in [0, 0.05) is 42.9 Å². The number of carboxylic acid groups (broad SMARTS) is 2. The van der Waals surface area contributed by atoms with Crippen molar-refractivity contribution in [2.75, 3.05) is 19.8 Å². The molecule has 0 amide bonds. The van der Waals surface area contributed by atoms with Crippen LogP contribution in [0.1, 0.15) is 44.9 Å². The Balaban J connectivity index is 0.000000493. The number of rotatable bonds is 9. The van der Waals surface area contributed by atoms with Crippen molar-refractivity contribution in [3.63, 3.8) is 0 Å². The number of aliphatic hydroxyl groups excluding tert-OH is 1. The van der Waals surface area contributed by atoms with Gasteiger partial charge >= 0.3 is 11.9 Å². The molecule has 4 N–H and O–H groups in total. The maximum Gasteiger partial charge on any atom is 0.328 e. The molecule has 3 rings (SSSR count). The van der Waals surface area contributed by atoms with Crippen molar-refractivity contribution in [1.29, 1.82) is 0 Å². The van der Waals surface area contributed by atoms with Crippen molar-refractivity contribution < 1.29 is 39.1 Å². The van der Waals surface area contributed by atoms with E-state index in [4.69, 9.17) is 36.0 Å². The second kappa shape index (κ2) is 13.0. The smallest absolute Gasteiger partial charge is 0.328 e. The number of fused-ring (bicyclic) bond motifs is 2. The minimum Gasteiger partial charge on any atom is -0.485 e. The fourth-order valence-electron chi connectivity index (χ4n) is 3.77. The van der Waals surface area contributed by atoms with Crippen LogP contribution in [0.25, 0.3) is 10.9 Å². The fourth-order valence-corrected chi connectivity index (χ4v) is 4.02. The predicted octanol–water partition coefficient (Wildman–Crippen LogP) is 3.47. The van der Waals surface area contributed by atoms with Crippen LogP contribution < -0.4 is 10.1 Å². The molecule has 1 aromatic carbocycles. The number of aromatic nitrogens is 1. The van der Waals surface area contributed by atoms with Gasteiger partial charge in [0.1, 0.15) is 22.6 Å². The van der Waals surface area contributed by atoms with Gasteiger partial charge < -0.3 is 34.8 Å². The summed E-state index contributed by atoms with van der Waals surface area (Å²) in [6, 6.07) is 5.40. The van der Waals surface area contributed by atoms with E-state index in [1.807, 2.05) is 52.8 Å². The van der Waals surface area contributed by atoms with Crippen LogP contribution in [0.5, 0.6) is 5.75 Å². The van der Waals surface area contributed by atoms with Crippen LogP contribution in [0.4, 0.5) is 0 Å². The van der Waals surface area contributed by atoms with Crippen LogP contribution in [-0.4, -0.2) is 70.0 Å². The molecule has 0 saturated carbocycles. The first-order chi connectivity index (χ1) is 16.9. The molecule has 0 spiro atoms. The number of nitrogens with one attached hydrogen (secondary N) is 1. The zero-order valence-corrected chi connectivity index (χ0v) is 21.7. The van der Waals surface area contributed by atoms with E-state index in [1.54, 1.807) is 0 Å². The van der Waals surface area contributed by atoms with E-state index in [9.17, 15) is 14.7 Å². The lowest BCUT2D eigenvalue weighted by Crippen LogP contribution is -2.53. The Morgan fingerprint density at radius 3 is 2.28 bits per heavy atom. The summed E-state index contributed by atoms with van der Waals surface area (Å²) >= 11 is 6.15. The Bertz CT molecular complexity index is 1080. The fraction of sp³-hybridized carbons (Fsp3) is 0.480. The zero-order chi connectivity index (χ0) is 27.0. The third kappa shape index (κ3) is 7.87. The van der Waals surface area contributed by atoms with E-state index < -0.39 is 23.6 Å². The molecule has 1 aromatic heterocycles. The lowest BCUT2D eigenvalue weighted by molar-refractivity contribution is -0.138. The van der Waals surface area contributed by atoms with Gasteiger partial charge in [-0.15, -0.1) is 0 Å². The van der Waals surface area contributed by atoms with Gasteiger partial charge in [0.2, 0.25) is 0 Å². The Morgan fingerprint density at radius 2 is 1.75 bits per heavy atom. The predicted molar refractivity (Wildman–Crippen MR) is 134 cm³/mol. The van der Waals surface area contributed by atoms with Gasteiger partial charge in [0.15, 0.2) is 6.29 Å². The summed E-state index contributed by atoms with van der Waals surface area (Å²) < 4.78 is 17.4. The van der Waals surface area contributed by atoms with Crippen molar-refractivity contribution in [3.8, 4) is 5.75 Å². The molecule has 0 saturated heterocycles. The summed E-state index contributed by atoms with van der Waals surface area (Å²) in [5.74, 6) is -1.78. The number of aryl methyl sites for hydroxylation is 1. The van der Waals surface area contributed by atoms with Crippen LogP contribution in [0, 0.1) is 6.92 Å². The number of hydrogen-bond donors (Lipinski definition) is 4. The zero-order valence-electron chi connectivity index (χ0n) is 20.9. The number of carbonyl (C=O) groups is 2. The van der Waals surface area contributed by atoms with E-state index in [0.29, 0.717) is 37.1 Å². The molecule has 198 valence electrons. The molecule has 2 atom stereocenters. The first-order valence-electron chi connectivity index (χ1n) is 11.5. The molecule has 2 heterocycles. The molecule has 1 aliphatic rings. The highest BCUT2D eigenvalue weighted by Gasteiger charge is 2.43. The third-order valence-electron chi connectivity index (χ3n) is 5.43. The molecule has 0 unspecified atom stereocenters. The van der Waals surface area contributed by atoms with Gasteiger partial charge in [-0.1, -0.05) is 11.6 Å². The monoisotopic (exact) mass is 524 g/mol. The number of benzene rings is 1. The Hall–Kier alpha value is -2.76. The maximum absolute atomic E-state index is 11.0. The molecule has 2 aromatic rings. The van der Waals surface area contributed by atoms with Crippen LogP contribution in [0.15, 0.2) is 30.4 Å². The number of carboxylic acids is 2. The van der Waals surface area contributed by atoms with Gasteiger partial charge in [0.05, 0.1) is 11.6 Å². The number of aliphatic hydroxyl groups is 1. The number of halogens is 1. The van der Waals surface area contributed by atoms with E-state index >= 15 is 0 Å². The molecule has 1 aliphatic heterocycles. The van der Waals surface area contributed by atoms with Crippen molar-refractivity contribution in [2.45, 2.75) is 58.7 Å². The summed E-state index contributed by atoms with van der Waals surface area (Å²) in [6.45, 7) is 11.2. The topological polar surface area (TPSA) is 147 Å². The highest BCUT2D eigenvalue weighted by Crippen LogP contribution is 2.42. The molecular formula is C25H33ClN2O8. The van der Waals surface area contributed by atoms with Gasteiger partial charge in [-0.2, -0.15) is 0 Å². The normalized spacial score (nSPS) is 18.4. The summed E-state index contributed by atoms with van der Waals surface area (Å²) in [6.07, 6.45) is -0.0292. The summed E-state index contributed by atoms with van der Waals surface area (Å²) in [4.78, 5) is 23.6. The summed E-state index contributed by atoms with van der Waals surface area (Å²) in [5, 5.41) is 31.4. The van der Waals surface area contributed by atoms with E-state index in [0.717, 1.165) is 27.8 Å². The molecule has 36 heavy (non-hydrogen) atoms. The van der Waals surface area contributed by atoms with Crippen molar-refractivity contribution in [1.82, 2.24) is 10.3 Å². The Labute approximate surface area is 214 Å². The van der Waals surface area contributed by atoms with Gasteiger partial charge in [-0.25, -0.2) is 14.6 Å². The number of hydrogen-bond acceptors (Lipinski definition) is 8. The summed E-state index contributed by atoms with van der Waals surface area (Å²) in [5.41, 5.74) is 1.90. The number of nitrogens with zero attached hydrogens (tertiary/aromatic N) is 1. The van der Waals surface area contributed by atoms with Gasteiger partial charge in [-0.3, -0.25) is 0 Å². The summed E-state index contributed by atoms with van der Waals surface area (Å²) in [7, 11) is 0. The minimum atomic E-state index is -1.26. The largest absolute Gasteiger partial charge is 0.485 e. The molecule has 0 bridgehead atoms. The molecule has 0 fully saturated rings. The van der Waals surface area contributed by atoms with Crippen LogP contribution in [-0.2, 0) is 19.1 Å². The van der Waals surface area contributed by atoms with Gasteiger partial charge in [0.25, 0.3) is 0 Å². The van der Waals surface area contributed by atoms with E-state index in [-0.39, 0.29) is 12.3 Å². The highest BCUT2D eigenvalue weighted by atomic mass is 35.5. The minimum absolute atomic E-state index is 0.354. The SMILES string of the molecule is CCOC(CN[C@H]1c2cc3nc(Cl)cc(C)c3cc2OC(C)(C)[C@@H]1O)OCC.O=C(O)C=CC(=O)O. The van der Waals surface area contributed by atoms with Crippen molar-refractivity contribution in [2.24, 2.45) is 0 Å².